The van der Waals surface area contributed by atoms with Crippen LogP contribution >= 0.6 is 38.9 Å². The molecule has 0 bridgehead atoms. The molecule has 1 N–H and O–H groups in total. The van der Waals surface area contributed by atoms with E-state index in [0.717, 1.165) is 22.3 Å². The van der Waals surface area contributed by atoms with Gasteiger partial charge in [0.25, 0.3) is 0 Å². The van der Waals surface area contributed by atoms with E-state index in [-0.39, 0.29) is 6.04 Å². The van der Waals surface area contributed by atoms with Crippen molar-refractivity contribution >= 4 is 44.6 Å². The maximum Gasteiger partial charge on any atom is 0.156 e. The Bertz CT molecular complexity index is 600. The number of ether oxygens (including phenoxy) is 1. The van der Waals surface area contributed by atoms with Crippen LogP contribution in [0.5, 0.6) is 5.75 Å². The zero-order valence-electron chi connectivity index (χ0n) is 11.7. The Kier molecular flexibility index (Phi) is 5.35. The maximum absolute atomic E-state index is 6.11. The molecule has 108 valence electrons. The van der Waals surface area contributed by atoms with Gasteiger partial charge in [-0.3, -0.25) is 0 Å². The molecule has 1 unspecified atom stereocenters. The van der Waals surface area contributed by atoms with E-state index >= 15 is 0 Å². The first-order valence-electron chi connectivity index (χ1n) is 6.43. The van der Waals surface area contributed by atoms with Crippen molar-refractivity contribution in [2.24, 2.45) is 0 Å². The van der Waals surface area contributed by atoms with Crippen LogP contribution in [0, 0.1) is 0 Å². The number of anilines is 1. The summed E-state index contributed by atoms with van der Waals surface area (Å²) in [6, 6.07) is 8.28. The van der Waals surface area contributed by atoms with Gasteiger partial charge in [0.2, 0.25) is 0 Å². The molecule has 1 aromatic carbocycles. The lowest BCUT2D eigenvalue weighted by Crippen LogP contribution is -2.06. The number of hydrogen-bond acceptors (Lipinski definition) is 3. The molecule has 0 saturated heterocycles. The molecule has 20 heavy (non-hydrogen) atoms. The van der Waals surface area contributed by atoms with Crippen molar-refractivity contribution in [3.8, 4) is 5.75 Å². The Morgan fingerprint density at radius 3 is 2.75 bits per heavy atom. The minimum Gasteiger partial charge on any atom is -0.493 e. The zero-order valence-corrected chi connectivity index (χ0v) is 14.8. The summed E-state index contributed by atoms with van der Waals surface area (Å²) in [7, 11) is 1.66. The van der Waals surface area contributed by atoms with E-state index < -0.39 is 0 Å². The molecule has 0 aliphatic heterocycles. The fraction of sp³-hybridized carbons (Fsp3) is 0.333. The highest BCUT2D eigenvalue weighted by Crippen LogP contribution is 2.38. The van der Waals surface area contributed by atoms with E-state index in [1.165, 1.54) is 9.75 Å². The van der Waals surface area contributed by atoms with E-state index in [9.17, 15) is 0 Å². The fourth-order valence-corrected chi connectivity index (χ4v) is 3.92. The molecule has 2 aromatic rings. The largest absolute Gasteiger partial charge is 0.493 e. The topological polar surface area (TPSA) is 21.3 Å². The van der Waals surface area contributed by atoms with Crippen LogP contribution in [0.2, 0.25) is 5.02 Å². The molecular weight excluding hydrogens is 358 g/mol. The minimum atomic E-state index is 0.208. The fourth-order valence-electron chi connectivity index (χ4n) is 2.00. The van der Waals surface area contributed by atoms with E-state index in [1.54, 1.807) is 7.11 Å². The van der Waals surface area contributed by atoms with Gasteiger partial charge in [0, 0.05) is 14.8 Å². The van der Waals surface area contributed by atoms with Crippen LogP contribution in [0.3, 0.4) is 0 Å². The Morgan fingerprint density at radius 2 is 2.15 bits per heavy atom. The van der Waals surface area contributed by atoms with Crippen LogP contribution in [-0.4, -0.2) is 7.11 Å². The number of methoxy groups -OCH3 is 1. The average molecular weight is 375 g/mol. The molecule has 1 aromatic heterocycles. The van der Waals surface area contributed by atoms with E-state index in [4.69, 9.17) is 16.3 Å². The predicted octanol–water partition coefficient (Wildman–Crippen LogP) is 5.91. The smallest absolute Gasteiger partial charge is 0.156 e. The van der Waals surface area contributed by atoms with Gasteiger partial charge in [-0.1, -0.05) is 18.5 Å². The first-order chi connectivity index (χ1) is 9.55. The van der Waals surface area contributed by atoms with Crippen molar-refractivity contribution in [3.63, 3.8) is 0 Å². The van der Waals surface area contributed by atoms with Crippen LogP contribution in [-0.2, 0) is 6.42 Å². The first kappa shape index (κ1) is 15.7. The van der Waals surface area contributed by atoms with Crippen molar-refractivity contribution in [1.29, 1.82) is 0 Å². The van der Waals surface area contributed by atoms with Gasteiger partial charge in [-0.2, -0.15) is 0 Å². The van der Waals surface area contributed by atoms with Crippen molar-refractivity contribution < 1.29 is 4.74 Å². The summed E-state index contributed by atoms with van der Waals surface area (Å²) in [5.41, 5.74) is 0.894. The van der Waals surface area contributed by atoms with Crippen LogP contribution in [0.4, 0.5) is 5.69 Å². The van der Waals surface area contributed by atoms with Gasteiger partial charge in [0.15, 0.2) is 5.75 Å². The van der Waals surface area contributed by atoms with Crippen LogP contribution in [0.25, 0.3) is 0 Å². The second-order valence-corrected chi connectivity index (χ2v) is 6.98. The van der Waals surface area contributed by atoms with Crippen molar-refractivity contribution in [2.45, 2.75) is 26.3 Å². The van der Waals surface area contributed by atoms with Gasteiger partial charge in [-0.05, 0) is 53.5 Å². The van der Waals surface area contributed by atoms with Crippen LogP contribution in [0.1, 0.15) is 29.6 Å². The molecule has 1 heterocycles. The SMILES string of the molecule is CCc1ccc(C(C)Nc2cc(Cl)cc(Br)c2OC)s1. The first-order valence-corrected chi connectivity index (χ1v) is 8.42. The van der Waals surface area contributed by atoms with Crippen LogP contribution in [0.15, 0.2) is 28.7 Å². The second kappa shape index (κ2) is 6.83. The molecule has 0 spiro atoms. The second-order valence-electron chi connectivity index (χ2n) is 4.49. The van der Waals surface area contributed by atoms with E-state index in [0.29, 0.717) is 5.02 Å². The highest BCUT2D eigenvalue weighted by molar-refractivity contribution is 9.10. The third-order valence-corrected chi connectivity index (χ3v) is 5.26. The number of rotatable bonds is 5. The van der Waals surface area contributed by atoms with Gasteiger partial charge in [-0.15, -0.1) is 11.3 Å². The molecule has 2 rings (SSSR count). The predicted molar refractivity (Wildman–Crippen MR) is 91.4 cm³/mol. The van der Waals surface area contributed by atoms with Crippen molar-refractivity contribution in [1.82, 2.24) is 0 Å². The summed E-state index contributed by atoms with van der Waals surface area (Å²) in [6.07, 6.45) is 1.07. The Hall–Kier alpha value is -0.710. The number of aryl methyl sites for hydroxylation is 1. The lowest BCUT2D eigenvalue weighted by molar-refractivity contribution is 0.413. The standard InChI is InChI=1S/C15H17BrClNOS/c1-4-11-5-6-14(20-11)9(2)18-13-8-10(17)7-12(16)15(13)19-3/h5-9,18H,4H2,1-3H3. The molecule has 1 atom stereocenters. The molecule has 5 heteroatoms. The van der Waals surface area contributed by atoms with E-state index in [1.807, 2.05) is 23.5 Å². The Morgan fingerprint density at radius 1 is 1.40 bits per heavy atom. The van der Waals surface area contributed by atoms with Gasteiger partial charge in [0.05, 0.1) is 23.3 Å². The summed E-state index contributed by atoms with van der Waals surface area (Å²) in [6.45, 7) is 4.31. The van der Waals surface area contributed by atoms with Gasteiger partial charge in [0.1, 0.15) is 0 Å². The molecule has 0 aliphatic carbocycles. The van der Waals surface area contributed by atoms with Gasteiger partial charge in [-0.25, -0.2) is 0 Å². The monoisotopic (exact) mass is 373 g/mol. The molecule has 0 saturated carbocycles. The molecule has 0 amide bonds. The normalized spacial score (nSPS) is 12.2. The highest BCUT2D eigenvalue weighted by atomic mass is 79.9. The minimum absolute atomic E-state index is 0.208. The number of thiophene rings is 1. The summed E-state index contributed by atoms with van der Waals surface area (Å²) in [5, 5.41) is 4.14. The van der Waals surface area contributed by atoms with Gasteiger partial charge < -0.3 is 10.1 Å². The molecule has 0 aliphatic rings. The lowest BCUT2D eigenvalue weighted by Gasteiger charge is -2.18. The summed E-state index contributed by atoms with van der Waals surface area (Å²) >= 11 is 11.4. The molecule has 0 radical (unpaired) electrons. The highest BCUT2D eigenvalue weighted by Gasteiger charge is 2.14. The molecule has 0 fully saturated rings. The summed E-state index contributed by atoms with van der Waals surface area (Å²) in [5.74, 6) is 0.772. The Labute approximate surface area is 137 Å². The molecule has 2 nitrogen and oxygen atoms in total. The average Bonchev–Trinajstić information content (AvgIpc) is 2.87. The zero-order chi connectivity index (χ0) is 14.7. The third-order valence-electron chi connectivity index (χ3n) is 3.04. The number of halogens is 2. The molecular formula is C15H17BrClNOS. The summed E-state index contributed by atoms with van der Waals surface area (Å²) < 4.78 is 6.28. The number of nitrogens with one attached hydrogen (secondary N) is 1. The van der Waals surface area contributed by atoms with Crippen LogP contribution < -0.4 is 10.1 Å². The Balaban J connectivity index is 2.24. The lowest BCUT2D eigenvalue weighted by atomic mass is 10.2. The van der Waals surface area contributed by atoms with Crippen molar-refractivity contribution in [3.05, 3.63) is 43.5 Å². The number of benzene rings is 1. The quantitative estimate of drug-likeness (QED) is 0.702. The number of hydrogen-bond donors (Lipinski definition) is 1. The summed E-state index contributed by atoms with van der Waals surface area (Å²) in [4.78, 5) is 2.70. The third kappa shape index (κ3) is 3.48. The van der Waals surface area contributed by atoms with E-state index in [2.05, 4.69) is 47.2 Å². The van der Waals surface area contributed by atoms with Gasteiger partial charge >= 0.3 is 0 Å². The van der Waals surface area contributed by atoms with Crippen molar-refractivity contribution in [2.75, 3.05) is 12.4 Å². The maximum atomic E-state index is 6.11.